The molecule has 6 heteroatoms. The van der Waals surface area contributed by atoms with Crippen LogP contribution in [0.15, 0.2) is 4.99 Å². The second-order valence-corrected chi connectivity index (χ2v) is 7.31. The lowest BCUT2D eigenvalue weighted by Gasteiger charge is -2.34. The van der Waals surface area contributed by atoms with Crippen molar-refractivity contribution in [1.82, 2.24) is 15.5 Å². The second kappa shape index (κ2) is 12.3. The minimum Gasteiger partial charge on any atom is -0.379 e. The molecule has 1 unspecified atom stereocenters. The summed E-state index contributed by atoms with van der Waals surface area (Å²) in [6.45, 7) is 13.4. The third-order valence-electron chi connectivity index (χ3n) is 4.65. The second-order valence-electron chi connectivity index (χ2n) is 7.31. The maximum Gasteiger partial charge on any atom is 0.191 e. The number of nitrogens with one attached hydrogen (secondary N) is 2. The summed E-state index contributed by atoms with van der Waals surface area (Å²) < 4.78 is 5.50. The number of nitrogens with zero attached hydrogens (tertiary/aromatic N) is 2. The van der Waals surface area contributed by atoms with Gasteiger partial charge in [-0.25, -0.2) is 0 Å². The molecule has 142 valence electrons. The van der Waals surface area contributed by atoms with Crippen LogP contribution in [-0.2, 0) is 4.74 Å². The van der Waals surface area contributed by atoms with Gasteiger partial charge in [-0.3, -0.25) is 9.89 Å². The Morgan fingerprint density at radius 1 is 1.21 bits per heavy atom. The Morgan fingerprint density at radius 2 is 1.92 bits per heavy atom. The number of hydrogen-bond acceptors (Lipinski definition) is 3. The van der Waals surface area contributed by atoms with Gasteiger partial charge in [0.05, 0.1) is 19.8 Å². The van der Waals surface area contributed by atoms with Gasteiger partial charge in [0.1, 0.15) is 0 Å². The zero-order valence-corrected chi connectivity index (χ0v) is 18.1. The molecule has 0 bridgehead atoms. The number of morpholine rings is 1. The predicted molar refractivity (Wildman–Crippen MR) is 112 cm³/mol. The molecule has 0 amide bonds. The fourth-order valence-electron chi connectivity index (χ4n) is 3.17. The molecule has 1 atom stereocenters. The first kappa shape index (κ1) is 22.0. The average Bonchev–Trinajstić information content (AvgIpc) is 3.36. The van der Waals surface area contributed by atoms with Crippen molar-refractivity contribution in [3.63, 3.8) is 0 Å². The molecule has 2 aliphatic rings. The van der Waals surface area contributed by atoms with Gasteiger partial charge in [-0.15, -0.1) is 24.0 Å². The van der Waals surface area contributed by atoms with E-state index in [1.54, 1.807) is 0 Å². The van der Waals surface area contributed by atoms with Crippen molar-refractivity contribution < 1.29 is 4.74 Å². The lowest BCUT2D eigenvalue weighted by atomic mass is 10.0. The first-order valence-electron chi connectivity index (χ1n) is 9.53. The third kappa shape index (κ3) is 8.85. The summed E-state index contributed by atoms with van der Waals surface area (Å²) in [5.74, 6) is 2.64. The van der Waals surface area contributed by atoms with Crippen LogP contribution in [0, 0.1) is 11.8 Å². The van der Waals surface area contributed by atoms with Crippen LogP contribution in [0.5, 0.6) is 0 Å². The quantitative estimate of drug-likeness (QED) is 0.321. The van der Waals surface area contributed by atoms with Crippen LogP contribution in [0.4, 0.5) is 0 Å². The Balaban J connectivity index is 0.00000288. The van der Waals surface area contributed by atoms with Crippen LogP contribution >= 0.6 is 24.0 Å². The van der Waals surface area contributed by atoms with Crippen LogP contribution in [0.2, 0.25) is 0 Å². The molecule has 0 spiro atoms. The van der Waals surface area contributed by atoms with E-state index >= 15 is 0 Å². The minimum absolute atomic E-state index is 0. The maximum absolute atomic E-state index is 5.50. The van der Waals surface area contributed by atoms with Crippen molar-refractivity contribution >= 4 is 29.9 Å². The molecule has 2 rings (SSSR count). The fourth-order valence-corrected chi connectivity index (χ4v) is 3.17. The van der Waals surface area contributed by atoms with Gasteiger partial charge < -0.3 is 15.4 Å². The third-order valence-corrected chi connectivity index (χ3v) is 4.65. The predicted octanol–water partition coefficient (Wildman–Crippen LogP) is 2.71. The fraction of sp³-hybridized carbons (Fsp3) is 0.944. The normalized spacial score (nSPS) is 20.6. The molecule has 0 aromatic carbocycles. The van der Waals surface area contributed by atoms with E-state index in [2.05, 4.69) is 36.3 Å². The highest BCUT2D eigenvalue weighted by Gasteiger charge is 2.22. The van der Waals surface area contributed by atoms with Gasteiger partial charge in [-0.1, -0.05) is 26.7 Å². The topological polar surface area (TPSA) is 48.9 Å². The molecule has 0 aromatic heterocycles. The summed E-state index contributed by atoms with van der Waals surface area (Å²) in [4.78, 5) is 7.43. The highest BCUT2D eigenvalue weighted by Crippen LogP contribution is 2.31. The molecule has 1 aliphatic carbocycles. The van der Waals surface area contributed by atoms with Crippen LogP contribution in [0.1, 0.15) is 46.5 Å². The highest BCUT2D eigenvalue weighted by molar-refractivity contribution is 14.0. The minimum atomic E-state index is 0. The molecular weight excluding hydrogens is 415 g/mol. The first-order chi connectivity index (χ1) is 11.2. The van der Waals surface area contributed by atoms with E-state index < -0.39 is 0 Å². The van der Waals surface area contributed by atoms with Crippen molar-refractivity contribution in [1.29, 1.82) is 0 Å². The van der Waals surface area contributed by atoms with Crippen molar-refractivity contribution in [3.8, 4) is 0 Å². The molecule has 5 nitrogen and oxygen atoms in total. The highest BCUT2D eigenvalue weighted by atomic mass is 127. The Kier molecular flexibility index (Phi) is 11.3. The number of guanidine groups is 1. The largest absolute Gasteiger partial charge is 0.379 e. The molecule has 0 radical (unpaired) electrons. The van der Waals surface area contributed by atoms with E-state index in [1.165, 1.54) is 25.7 Å². The van der Waals surface area contributed by atoms with E-state index in [0.29, 0.717) is 12.0 Å². The van der Waals surface area contributed by atoms with Gasteiger partial charge in [0.2, 0.25) is 0 Å². The lowest BCUT2D eigenvalue weighted by molar-refractivity contribution is 0.0143. The Hall–Kier alpha value is -0.0800. The van der Waals surface area contributed by atoms with E-state index in [9.17, 15) is 0 Å². The molecule has 1 aliphatic heterocycles. The van der Waals surface area contributed by atoms with Gasteiger partial charge in [0.15, 0.2) is 5.96 Å². The molecule has 1 heterocycles. The average molecular weight is 452 g/mol. The van der Waals surface area contributed by atoms with Gasteiger partial charge in [-0.05, 0) is 31.6 Å². The van der Waals surface area contributed by atoms with E-state index in [0.717, 1.165) is 57.8 Å². The van der Waals surface area contributed by atoms with Gasteiger partial charge >= 0.3 is 0 Å². The molecule has 24 heavy (non-hydrogen) atoms. The summed E-state index contributed by atoms with van der Waals surface area (Å²) in [7, 11) is 0. The summed E-state index contributed by atoms with van der Waals surface area (Å²) in [5.41, 5.74) is 0. The lowest BCUT2D eigenvalue weighted by Crippen LogP contribution is -2.46. The molecule has 2 N–H and O–H groups in total. The number of ether oxygens (including phenoxy) is 1. The SMILES string of the molecule is CCNC(=NCC(CC(C)C)N1CCOCC1)NCCC1CC1.I. The van der Waals surface area contributed by atoms with Crippen molar-refractivity contribution in [2.24, 2.45) is 16.8 Å². The van der Waals surface area contributed by atoms with Crippen LogP contribution in [0.25, 0.3) is 0 Å². The standard InChI is InChI=1S/C18H36N4O.HI/c1-4-19-18(20-8-7-16-5-6-16)21-14-17(13-15(2)3)22-9-11-23-12-10-22;/h15-17H,4-14H2,1-3H3,(H2,19,20,21);1H. The van der Waals surface area contributed by atoms with E-state index in [1.807, 2.05) is 0 Å². The summed E-state index contributed by atoms with van der Waals surface area (Å²) in [5, 5.41) is 6.88. The van der Waals surface area contributed by atoms with E-state index in [-0.39, 0.29) is 24.0 Å². The van der Waals surface area contributed by atoms with Gasteiger partial charge in [0.25, 0.3) is 0 Å². The zero-order valence-electron chi connectivity index (χ0n) is 15.7. The van der Waals surface area contributed by atoms with Crippen LogP contribution in [0.3, 0.4) is 0 Å². The summed E-state index contributed by atoms with van der Waals surface area (Å²) in [6.07, 6.45) is 5.32. The maximum atomic E-state index is 5.50. The Morgan fingerprint density at radius 3 is 2.50 bits per heavy atom. The number of rotatable bonds is 9. The van der Waals surface area contributed by atoms with Crippen molar-refractivity contribution in [3.05, 3.63) is 0 Å². The van der Waals surface area contributed by atoms with E-state index in [4.69, 9.17) is 9.73 Å². The Labute approximate surface area is 165 Å². The first-order valence-corrected chi connectivity index (χ1v) is 9.53. The molecule has 2 fully saturated rings. The monoisotopic (exact) mass is 452 g/mol. The zero-order chi connectivity index (χ0) is 16.5. The van der Waals surface area contributed by atoms with Gasteiger partial charge in [0, 0.05) is 32.2 Å². The van der Waals surface area contributed by atoms with Crippen molar-refractivity contribution in [2.45, 2.75) is 52.5 Å². The van der Waals surface area contributed by atoms with Crippen molar-refractivity contribution in [2.75, 3.05) is 45.9 Å². The smallest absolute Gasteiger partial charge is 0.191 e. The number of aliphatic imine (C=N–C) groups is 1. The van der Waals surface area contributed by atoms with Gasteiger partial charge in [-0.2, -0.15) is 0 Å². The van der Waals surface area contributed by atoms with Crippen LogP contribution in [-0.4, -0.2) is 62.8 Å². The molecular formula is C18H37IN4O. The summed E-state index contributed by atoms with van der Waals surface area (Å²) in [6, 6.07) is 0.526. The Bertz CT molecular complexity index is 355. The molecule has 0 aromatic rings. The molecule has 1 saturated heterocycles. The number of halogens is 1. The molecule has 1 saturated carbocycles. The summed E-state index contributed by atoms with van der Waals surface area (Å²) >= 11 is 0. The number of hydrogen-bond donors (Lipinski definition) is 2. The van der Waals surface area contributed by atoms with Crippen LogP contribution < -0.4 is 10.6 Å².